The summed E-state index contributed by atoms with van der Waals surface area (Å²) in [5, 5.41) is 0. The molecule has 0 rings (SSSR count). The molecule has 6 nitrogen and oxygen atoms in total. The molecule has 0 saturated carbocycles. The number of carbonyl (C=O) groups is 3. The van der Waals surface area contributed by atoms with Crippen LogP contribution in [0.25, 0.3) is 0 Å². The summed E-state index contributed by atoms with van der Waals surface area (Å²) in [6.07, 6.45) is 38.2. The Morgan fingerprint density at radius 3 is 0.816 bits per heavy atom. The third-order valence-electron chi connectivity index (χ3n) is 9.61. The van der Waals surface area contributed by atoms with Crippen LogP contribution in [0, 0.1) is 0 Å². The van der Waals surface area contributed by atoms with Crippen LogP contribution in [0.5, 0.6) is 0 Å². The van der Waals surface area contributed by atoms with Crippen molar-refractivity contribution in [3.63, 3.8) is 0 Å². The Kier molecular flexibility index (Phi) is 37.9. The van der Waals surface area contributed by atoms with Crippen molar-refractivity contribution in [1.82, 2.24) is 0 Å². The lowest BCUT2D eigenvalue weighted by Crippen LogP contribution is -2.30. The van der Waals surface area contributed by atoms with Crippen LogP contribution in [-0.4, -0.2) is 37.2 Å². The van der Waals surface area contributed by atoms with Crippen molar-refractivity contribution in [1.29, 1.82) is 0 Å². The van der Waals surface area contributed by atoms with Crippen molar-refractivity contribution in [3.8, 4) is 0 Å². The highest BCUT2D eigenvalue weighted by Gasteiger charge is 2.19. The van der Waals surface area contributed by atoms with Gasteiger partial charge in [-0.15, -0.1) is 0 Å². The highest BCUT2D eigenvalue weighted by Crippen LogP contribution is 2.15. The maximum absolute atomic E-state index is 12.5. The molecule has 0 atom stereocenters. The molecule has 290 valence electrons. The minimum Gasteiger partial charge on any atom is -0.462 e. The second kappa shape index (κ2) is 39.2. The Morgan fingerprint density at radius 1 is 0.327 bits per heavy atom. The normalized spacial score (nSPS) is 11.3. The van der Waals surface area contributed by atoms with E-state index in [4.69, 9.17) is 14.2 Å². The highest BCUT2D eigenvalue weighted by atomic mass is 16.7. The third kappa shape index (κ3) is 37.5. The van der Waals surface area contributed by atoms with Crippen LogP contribution in [0.4, 0.5) is 0 Å². The van der Waals surface area contributed by atoms with E-state index >= 15 is 0 Å². The maximum Gasteiger partial charge on any atom is 0.306 e. The van der Waals surface area contributed by atoms with Crippen LogP contribution < -0.4 is 0 Å². The fourth-order valence-corrected chi connectivity index (χ4v) is 6.32. The first-order chi connectivity index (χ1) is 24.0. The van der Waals surface area contributed by atoms with E-state index in [-0.39, 0.29) is 31.1 Å². The molecule has 0 aliphatic heterocycles. The van der Waals surface area contributed by atoms with Gasteiger partial charge in [-0.25, -0.2) is 0 Å². The van der Waals surface area contributed by atoms with E-state index in [1.54, 1.807) is 0 Å². The van der Waals surface area contributed by atoms with E-state index < -0.39 is 6.10 Å². The lowest BCUT2D eigenvalue weighted by molar-refractivity contribution is -0.167. The molecule has 0 bridgehead atoms. The molecule has 0 heterocycles. The molecule has 0 aromatic heterocycles. The molecule has 0 amide bonds. The summed E-state index contributed by atoms with van der Waals surface area (Å²) in [5.74, 6) is -0.870. The fourth-order valence-electron chi connectivity index (χ4n) is 6.32. The van der Waals surface area contributed by atoms with E-state index in [1.807, 2.05) is 0 Å². The molecule has 0 aliphatic rings. The van der Waals surface area contributed by atoms with Crippen molar-refractivity contribution in [3.05, 3.63) is 0 Å². The Labute approximate surface area is 304 Å². The predicted octanol–water partition coefficient (Wildman–Crippen LogP) is 13.3. The smallest absolute Gasteiger partial charge is 0.306 e. The molecule has 0 N–H and O–H groups in total. The average Bonchev–Trinajstić information content (AvgIpc) is 3.09. The monoisotopic (exact) mass is 696 g/mol. The van der Waals surface area contributed by atoms with E-state index in [0.29, 0.717) is 19.3 Å². The van der Waals surface area contributed by atoms with Crippen molar-refractivity contribution >= 4 is 17.9 Å². The number of ether oxygens (including phenoxy) is 3. The minimum absolute atomic E-state index is 0.0646. The zero-order valence-corrected chi connectivity index (χ0v) is 33.0. The highest BCUT2D eigenvalue weighted by molar-refractivity contribution is 5.71. The van der Waals surface area contributed by atoms with Crippen molar-refractivity contribution < 1.29 is 28.6 Å². The molecule has 0 fully saturated rings. The molecule has 0 aliphatic carbocycles. The molecule has 49 heavy (non-hydrogen) atoms. The van der Waals surface area contributed by atoms with Gasteiger partial charge in [-0.1, -0.05) is 201 Å². The molecule has 0 aromatic rings. The fraction of sp³-hybridized carbons (Fsp3) is 0.930. The lowest BCUT2D eigenvalue weighted by atomic mass is 10.0. The number of carbonyl (C=O) groups excluding carboxylic acids is 3. The minimum atomic E-state index is -0.755. The van der Waals surface area contributed by atoms with Crippen molar-refractivity contribution in [2.24, 2.45) is 0 Å². The van der Waals surface area contributed by atoms with Gasteiger partial charge >= 0.3 is 17.9 Å². The molecule has 0 radical (unpaired) electrons. The number of rotatable bonds is 39. The van der Waals surface area contributed by atoms with E-state index in [9.17, 15) is 14.4 Å². The summed E-state index contributed by atoms with van der Waals surface area (Å²) in [4.78, 5) is 37.3. The third-order valence-corrected chi connectivity index (χ3v) is 9.61. The van der Waals surface area contributed by atoms with Crippen LogP contribution >= 0.6 is 0 Å². The van der Waals surface area contributed by atoms with Gasteiger partial charge in [0.2, 0.25) is 0 Å². The van der Waals surface area contributed by atoms with Gasteiger partial charge in [0, 0.05) is 19.3 Å². The largest absolute Gasteiger partial charge is 0.462 e. The van der Waals surface area contributed by atoms with Gasteiger partial charge in [-0.3, -0.25) is 14.4 Å². The number of esters is 3. The quantitative estimate of drug-likeness (QED) is 0.0276. The number of unbranched alkanes of at least 4 members (excludes halogenated alkanes) is 28. The number of hydrogen-bond donors (Lipinski definition) is 0. The summed E-state index contributed by atoms with van der Waals surface area (Å²) >= 11 is 0. The molecule has 0 unspecified atom stereocenters. The summed E-state index contributed by atoms with van der Waals surface area (Å²) in [6, 6.07) is 0. The summed E-state index contributed by atoms with van der Waals surface area (Å²) < 4.78 is 16.6. The van der Waals surface area contributed by atoms with E-state index in [1.165, 1.54) is 135 Å². The topological polar surface area (TPSA) is 78.9 Å². The standard InChI is InChI=1S/C43H82O6/c1-4-7-10-13-15-17-19-21-23-25-27-30-32-35-41(44)47-38-40(49-43(46)37-34-29-12-9-6-3)39-48-42(45)36-33-31-28-26-24-22-20-18-16-14-11-8-5-2/h40H,4-39H2,1-3H3/i43+1. The summed E-state index contributed by atoms with van der Waals surface area (Å²) in [6.45, 7) is 6.56. The van der Waals surface area contributed by atoms with Crippen LogP contribution in [0.1, 0.15) is 239 Å². The maximum atomic E-state index is 12.5. The number of hydrogen-bond acceptors (Lipinski definition) is 6. The van der Waals surface area contributed by atoms with Gasteiger partial charge in [0.15, 0.2) is 6.10 Å². The molecule has 6 heteroatoms. The summed E-state index contributed by atoms with van der Waals surface area (Å²) in [5.41, 5.74) is 0. The first-order valence-corrected chi connectivity index (χ1v) is 21.5. The van der Waals surface area contributed by atoms with E-state index in [2.05, 4.69) is 20.8 Å². The van der Waals surface area contributed by atoms with Crippen molar-refractivity contribution in [2.75, 3.05) is 13.2 Å². The zero-order valence-electron chi connectivity index (χ0n) is 33.0. The molecule has 0 spiro atoms. The molecular formula is C43H82O6. The Bertz CT molecular complexity index is 677. The van der Waals surface area contributed by atoms with E-state index in [0.717, 1.165) is 64.2 Å². The predicted molar refractivity (Wildman–Crippen MR) is 206 cm³/mol. The second-order valence-electron chi connectivity index (χ2n) is 14.6. The Hall–Kier alpha value is -1.59. The van der Waals surface area contributed by atoms with Crippen LogP contribution in [0.3, 0.4) is 0 Å². The first kappa shape index (κ1) is 47.4. The molecular weight excluding hydrogens is 613 g/mol. The average molecular weight is 696 g/mol. The van der Waals surface area contributed by atoms with Crippen LogP contribution in [0.2, 0.25) is 0 Å². The van der Waals surface area contributed by atoms with Gasteiger partial charge in [-0.2, -0.15) is 0 Å². The zero-order chi connectivity index (χ0) is 35.9. The van der Waals surface area contributed by atoms with Crippen LogP contribution in [0.15, 0.2) is 0 Å². The van der Waals surface area contributed by atoms with Gasteiger partial charge in [0.1, 0.15) is 13.2 Å². The summed E-state index contributed by atoms with van der Waals surface area (Å²) in [7, 11) is 0. The Morgan fingerprint density at radius 2 is 0.551 bits per heavy atom. The van der Waals surface area contributed by atoms with Crippen molar-refractivity contribution in [2.45, 2.75) is 245 Å². The SMILES string of the molecule is CCCCCCCCCCCCCCCC(=O)OCC(COC(=O)CCCCCCCCCCCCCCC)O[13C](=O)CCCCCCC. The van der Waals surface area contributed by atoms with Gasteiger partial charge < -0.3 is 14.2 Å². The molecule has 0 saturated heterocycles. The second-order valence-corrected chi connectivity index (χ2v) is 14.6. The molecule has 0 aromatic carbocycles. The first-order valence-electron chi connectivity index (χ1n) is 21.5. The lowest BCUT2D eigenvalue weighted by Gasteiger charge is -2.18. The Balaban J connectivity index is 4.16. The van der Waals surface area contributed by atoms with Gasteiger partial charge in [0.25, 0.3) is 0 Å². The van der Waals surface area contributed by atoms with Gasteiger partial charge in [0.05, 0.1) is 0 Å². The van der Waals surface area contributed by atoms with Crippen LogP contribution in [-0.2, 0) is 28.6 Å². The van der Waals surface area contributed by atoms with Gasteiger partial charge in [-0.05, 0) is 19.3 Å².